The van der Waals surface area contributed by atoms with Crippen molar-refractivity contribution >= 4 is 46.9 Å². The smallest absolute Gasteiger partial charge is 0.329 e. The predicted molar refractivity (Wildman–Crippen MR) is 132 cm³/mol. The minimum Gasteiger partial charge on any atom is -0.484 e. The Morgan fingerprint density at radius 1 is 0.882 bits per heavy atom. The van der Waals surface area contributed by atoms with Crippen molar-refractivity contribution in [2.24, 2.45) is 5.10 Å². The Kier molecular flexibility index (Phi) is 8.37. The van der Waals surface area contributed by atoms with E-state index in [2.05, 4.69) is 21.2 Å². The summed E-state index contributed by atoms with van der Waals surface area (Å²) in [5.41, 5.74) is 6.05. The van der Waals surface area contributed by atoms with Crippen LogP contribution < -0.4 is 20.8 Å². The number of rotatable bonds is 7. The van der Waals surface area contributed by atoms with E-state index in [0.717, 1.165) is 11.1 Å². The molecule has 0 spiro atoms. The third-order valence-electron chi connectivity index (χ3n) is 4.71. The van der Waals surface area contributed by atoms with Gasteiger partial charge in [0.25, 0.3) is 5.91 Å². The van der Waals surface area contributed by atoms with Crippen molar-refractivity contribution in [3.05, 3.63) is 88.4 Å². The number of aryl methyl sites for hydroxylation is 2. The van der Waals surface area contributed by atoms with Crippen LogP contribution in [0.15, 0.2) is 71.8 Å². The Balaban J connectivity index is 1.43. The first-order valence-corrected chi connectivity index (χ1v) is 10.7. The van der Waals surface area contributed by atoms with Crippen LogP contribution in [0.25, 0.3) is 0 Å². The molecule has 3 amide bonds. The van der Waals surface area contributed by atoms with E-state index in [-0.39, 0.29) is 12.5 Å². The van der Waals surface area contributed by atoms with Gasteiger partial charge in [-0.1, -0.05) is 23.7 Å². The molecule has 0 unspecified atom stereocenters. The molecule has 3 aromatic rings. The van der Waals surface area contributed by atoms with Crippen LogP contribution in [-0.4, -0.2) is 30.5 Å². The van der Waals surface area contributed by atoms with Crippen molar-refractivity contribution in [3.63, 3.8) is 0 Å². The van der Waals surface area contributed by atoms with Gasteiger partial charge in [0.05, 0.1) is 6.21 Å². The number of hydrazone groups is 1. The van der Waals surface area contributed by atoms with Gasteiger partial charge in [-0.15, -0.1) is 0 Å². The highest BCUT2D eigenvalue weighted by molar-refractivity contribution is 6.39. The van der Waals surface area contributed by atoms with E-state index in [4.69, 9.17) is 16.3 Å². The number of ether oxygens (including phenoxy) is 1. The standard InChI is InChI=1S/C25H23ClN4O4/c1-16-6-9-21(12-17(16)2)29-24(32)25(33)30-27-14-18-7-10-22(11-8-18)34-15-23(31)28-20-5-3-4-19(26)13-20/h3-14H,15H2,1-2H3,(H,28,31)(H,29,32)(H,30,33)/b27-14-. The number of benzene rings is 3. The summed E-state index contributed by atoms with van der Waals surface area (Å²) in [4.78, 5) is 35.9. The van der Waals surface area contributed by atoms with Crippen LogP contribution in [0.5, 0.6) is 5.75 Å². The molecule has 9 heteroatoms. The molecular formula is C25H23ClN4O4. The van der Waals surface area contributed by atoms with Crippen molar-refractivity contribution in [2.45, 2.75) is 13.8 Å². The lowest BCUT2D eigenvalue weighted by atomic mass is 10.1. The van der Waals surface area contributed by atoms with Crippen molar-refractivity contribution in [3.8, 4) is 5.75 Å². The normalized spacial score (nSPS) is 10.6. The van der Waals surface area contributed by atoms with E-state index in [1.807, 2.05) is 19.9 Å². The largest absolute Gasteiger partial charge is 0.484 e. The summed E-state index contributed by atoms with van der Waals surface area (Å²) in [6, 6.07) is 18.9. The number of carbonyl (C=O) groups excluding carboxylic acids is 3. The highest BCUT2D eigenvalue weighted by atomic mass is 35.5. The molecule has 0 fully saturated rings. The molecule has 0 saturated heterocycles. The van der Waals surface area contributed by atoms with Crippen molar-refractivity contribution in [2.75, 3.05) is 17.2 Å². The number of nitrogens with zero attached hydrogens (tertiary/aromatic N) is 1. The lowest BCUT2D eigenvalue weighted by Crippen LogP contribution is -2.32. The molecule has 0 aromatic heterocycles. The van der Waals surface area contributed by atoms with E-state index in [0.29, 0.717) is 27.7 Å². The molecule has 0 radical (unpaired) electrons. The van der Waals surface area contributed by atoms with Gasteiger partial charge in [0.1, 0.15) is 5.75 Å². The summed E-state index contributed by atoms with van der Waals surface area (Å²) < 4.78 is 5.46. The quantitative estimate of drug-likeness (QED) is 0.270. The number of anilines is 2. The van der Waals surface area contributed by atoms with Crippen molar-refractivity contribution in [1.82, 2.24) is 5.43 Å². The number of halogens is 1. The number of hydrogen-bond donors (Lipinski definition) is 3. The molecule has 174 valence electrons. The summed E-state index contributed by atoms with van der Waals surface area (Å²) in [7, 11) is 0. The van der Waals surface area contributed by atoms with Crippen molar-refractivity contribution in [1.29, 1.82) is 0 Å². The van der Waals surface area contributed by atoms with Gasteiger partial charge < -0.3 is 15.4 Å². The Bertz CT molecular complexity index is 1230. The fourth-order valence-electron chi connectivity index (χ4n) is 2.79. The molecule has 34 heavy (non-hydrogen) atoms. The second-order valence-electron chi connectivity index (χ2n) is 7.37. The fourth-order valence-corrected chi connectivity index (χ4v) is 2.98. The van der Waals surface area contributed by atoms with E-state index < -0.39 is 11.8 Å². The lowest BCUT2D eigenvalue weighted by molar-refractivity contribution is -0.136. The molecule has 0 aliphatic rings. The molecule has 0 aliphatic heterocycles. The minimum absolute atomic E-state index is 0.175. The van der Waals surface area contributed by atoms with Gasteiger partial charge >= 0.3 is 11.8 Å². The zero-order chi connectivity index (χ0) is 24.5. The predicted octanol–water partition coefficient (Wildman–Crippen LogP) is 4.06. The third kappa shape index (κ3) is 7.46. The molecule has 0 heterocycles. The second-order valence-corrected chi connectivity index (χ2v) is 7.80. The summed E-state index contributed by atoms with van der Waals surface area (Å²) in [5, 5.41) is 9.53. The van der Waals surface area contributed by atoms with Crippen LogP contribution in [0.3, 0.4) is 0 Å². The second kappa shape index (κ2) is 11.6. The molecule has 0 bridgehead atoms. The molecule has 0 saturated carbocycles. The molecule has 3 rings (SSSR count). The van der Waals surface area contributed by atoms with Crippen LogP contribution in [0, 0.1) is 13.8 Å². The number of amides is 3. The maximum atomic E-state index is 12.0. The van der Waals surface area contributed by atoms with E-state index in [9.17, 15) is 14.4 Å². The monoisotopic (exact) mass is 478 g/mol. The zero-order valence-corrected chi connectivity index (χ0v) is 19.3. The van der Waals surface area contributed by atoms with Gasteiger partial charge in [0.2, 0.25) is 0 Å². The van der Waals surface area contributed by atoms with Gasteiger partial charge in [0.15, 0.2) is 6.61 Å². The van der Waals surface area contributed by atoms with Crippen molar-refractivity contribution < 1.29 is 19.1 Å². The Hall–Kier alpha value is -4.17. The van der Waals surface area contributed by atoms with E-state index >= 15 is 0 Å². The van der Waals surface area contributed by atoms with E-state index in [1.54, 1.807) is 60.7 Å². The Morgan fingerprint density at radius 3 is 2.32 bits per heavy atom. The summed E-state index contributed by atoms with van der Waals surface area (Å²) in [6.07, 6.45) is 1.39. The van der Waals surface area contributed by atoms with Gasteiger partial charge in [0, 0.05) is 16.4 Å². The first-order chi connectivity index (χ1) is 16.3. The number of hydrogen-bond acceptors (Lipinski definition) is 5. The lowest BCUT2D eigenvalue weighted by Gasteiger charge is -2.08. The van der Waals surface area contributed by atoms with Gasteiger partial charge in [-0.05, 0) is 85.1 Å². The number of carbonyl (C=O) groups is 3. The third-order valence-corrected chi connectivity index (χ3v) is 4.94. The topological polar surface area (TPSA) is 109 Å². The maximum Gasteiger partial charge on any atom is 0.329 e. The minimum atomic E-state index is -0.889. The molecule has 3 aromatic carbocycles. The Labute approximate surface area is 202 Å². The molecule has 0 aliphatic carbocycles. The van der Waals surface area contributed by atoms with Crippen LogP contribution in [-0.2, 0) is 14.4 Å². The first-order valence-electron chi connectivity index (χ1n) is 10.3. The average Bonchev–Trinajstić information content (AvgIpc) is 2.81. The van der Waals surface area contributed by atoms with Gasteiger partial charge in [-0.25, -0.2) is 5.43 Å². The van der Waals surface area contributed by atoms with Crippen LogP contribution in [0.4, 0.5) is 11.4 Å². The van der Waals surface area contributed by atoms with Gasteiger partial charge in [-0.3, -0.25) is 14.4 Å². The summed E-state index contributed by atoms with van der Waals surface area (Å²) in [5.74, 6) is -1.55. The first kappa shape index (κ1) is 24.5. The SMILES string of the molecule is Cc1ccc(NC(=O)C(=O)N/N=C\c2ccc(OCC(=O)Nc3cccc(Cl)c3)cc2)cc1C. The molecule has 3 N–H and O–H groups in total. The summed E-state index contributed by atoms with van der Waals surface area (Å²) in [6.45, 7) is 3.70. The van der Waals surface area contributed by atoms with Crippen LogP contribution in [0.1, 0.15) is 16.7 Å². The number of nitrogens with one attached hydrogen (secondary N) is 3. The summed E-state index contributed by atoms with van der Waals surface area (Å²) >= 11 is 5.89. The highest BCUT2D eigenvalue weighted by Crippen LogP contribution is 2.16. The molecular weight excluding hydrogens is 456 g/mol. The average molecular weight is 479 g/mol. The highest BCUT2D eigenvalue weighted by Gasteiger charge is 2.13. The molecule has 8 nitrogen and oxygen atoms in total. The maximum absolute atomic E-state index is 12.0. The van der Waals surface area contributed by atoms with Crippen LogP contribution >= 0.6 is 11.6 Å². The fraction of sp³-hybridized carbons (Fsp3) is 0.120. The van der Waals surface area contributed by atoms with E-state index in [1.165, 1.54) is 6.21 Å². The zero-order valence-electron chi connectivity index (χ0n) is 18.6. The molecule has 0 atom stereocenters. The van der Waals surface area contributed by atoms with Gasteiger partial charge in [-0.2, -0.15) is 5.10 Å². The van der Waals surface area contributed by atoms with Crippen LogP contribution in [0.2, 0.25) is 5.02 Å². The Morgan fingerprint density at radius 2 is 1.62 bits per heavy atom.